The number of carboxylic acid groups (broad SMARTS) is 1. The summed E-state index contributed by atoms with van der Waals surface area (Å²) in [6.45, 7) is -0.546. The van der Waals surface area contributed by atoms with Crippen LogP contribution < -0.4 is 20.3 Å². The first kappa shape index (κ1) is 27.4. The minimum Gasteiger partial charge on any atom is -0.493 e. The van der Waals surface area contributed by atoms with Gasteiger partial charge >= 0.3 is 11.9 Å². The summed E-state index contributed by atoms with van der Waals surface area (Å²) in [4.78, 5) is 47.3. The van der Waals surface area contributed by atoms with Crippen LogP contribution in [-0.2, 0) is 21.1 Å². The van der Waals surface area contributed by atoms with E-state index in [1.807, 2.05) is 0 Å². The van der Waals surface area contributed by atoms with Crippen LogP contribution in [0.1, 0.15) is 23.2 Å². The smallest absolute Gasteiger partial charge is 0.308 e. The van der Waals surface area contributed by atoms with E-state index in [0.29, 0.717) is 0 Å². The summed E-state index contributed by atoms with van der Waals surface area (Å²) >= 11 is 12.2. The third-order valence-corrected chi connectivity index (χ3v) is 5.35. The number of benzene rings is 2. The van der Waals surface area contributed by atoms with Gasteiger partial charge in [-0.05, 0) is 18.2 Å². The second-order valence-electron chi connectivity index (χ2n) is 7.24. The Balaban J connectivity index is 1.78. The highest BCUT2D eigenvalue weighted by Gasteiger charge is 2.19. The number of amides is 1. The Morgan fingerprint density at radius 3 is 2.46 bits per heavy atom. The fourth-order valence-electron chi connectivity index (χ4n) is 2.85. The fourth-order valence-corrected chi connectivity index (χ4v) is 3.16. The van der Waals surface area contributed by atoms with Crippen molar-refractivity contribution in [1.29, 1.82) is 0 Å². The topological polar surface area (TPSA) is 146 Å². The van der Waals surface area contributed by atoms with Gasteiger partial charge in [0.05, 0.1) is 47.4 Å². The highest BCUT2D eigenvalue weighted by atomic mass is 35.5. The number of ether oxygens (including phenoxy) is 3. The summed E-state index contributed by atoms with van der Waals surface area (Å²) in [5.74, 6) is -3.17. The zero-order valence-corrected chi connectivity index (χ0v) is 20.5. The maximum absolute atomic E-state index is 13.5. The number of aromatic nitrogens is 2. The summed E-state index contributed by atoms with van der Waals surface area (Å²) in [5, 5.41) is 15.0. The molecule has 0 aliphatic heterocycles. The van der Waals surface area contributed by atoms with E-state index in [0.717, 1.165) is 29.1 Å². The summed E-state index contributed by atoms with van der Waals surface area (Å²) in [6.07, 6.45) is 0.349. The first-order valence-corrected chi connectivity index (χ1v) is 11.1. The molecule has 0 fully saturated rings. The normalized spacial score (nSPS) is 10.5. The molecule has 14 heteroatoms. The summed E-state index contributed by atoms with van der Waals surface area (Å²) < 4.78 is 30.0. The number of hydrogen-bond acceptors (Lipinski definition) is 8. The second-order valence-corrected chi connectivity index (χ2v) is 8.05. The van der Waals surface area contributed by atoms with Gasteiger partial charge < -0.3 is 24.6 Å². The lowest BCUT2D eigenvalue weighted by Gasteiger charge is -2.15. The molecule has 194 valence electrons. The number of halogens is 3. The van der Waals surface area contributed by atoms with E-state index in [-0.39, 0.29) is 45.0 Å². The zero-order valence-electron chi connectivity index (χ0n) is 19.0. The molecule has 3 aromatic rings. The molecule has 37 heavy (non-hydrogen) atoms. The van der Waals surface area contributed by atoms with Gasteiger partial charge in [-0.1, -0.05) is 23.2 Å². The number of anilines is 1. The van der Waals surface area contributed by atoms with Gasteiger partial charge in [-0.3, -0.25) is 19.2 Å². The molecule has 1 amide bonds. The third kappa shape index (κ3) is 7.41. The SMILES string of the molecule is COc1cc(F)ccc1Oc1cc(Cl)c(Cl)cc1C(=O)Nc1cnn(COC(=O)CCC(=O)O)c(=O)c1. The first-order valence-electron chi connectivity index (χ1n) is 10.3. The largest absolute Gasteiger partial charge is 0.493 e. The molecule has 0 aliphatic carbocycles. The lowest BCUT2D eigenvalue weighted by atomic mass is 10.1. The van der Waals surface area contributed by atoms with E-state index in [1.165, 1.54) is 25.3 Å². The second kappa shape index (κ2) is 12.2. The van der Waals surface area contributed by atoms with E-state index in [2.05, 4.69) is 10.4 Å². The van der Waals surface area contributed by atoms with Crippen molar-refractivity contribution in [3.63, 3.8) is 0 Å². The van der Waals surface area contributed by atoms with Crippen molar-refractivity contribution in [3.05, 3.63) is 74.4 Å². The van der Waals surface area contributed by atoms with Crippen LogP contribution in [0, 0.1) is 5.82 Å². The van der Waals surface area contributed by atoms with Crippen molar-refractivity contribution in [1.82, 2.24) is 9.78 Å². The fraction of sp³-hybridized carbons (Fsp3) is 0.174. The maximum atomic E-state index is 13.5. The molecule has 0 radical (unpaired) electrons. The van der Waals surface area contributed by atoms with Gasteiger partial charge in [0.15, 0.2) is 18.2 Å². The van der Waals surface area contributed by atoms with Gasteiger partial charge in [0.1, 0.15) is 11.6 Å². The van der Waals surface area contributed by atoms with Crippen LogP contribution in [0.15, 0.2) is 47.4 Å². The monoisotopic (exact) mass is 553 g/mol. The molecule has 1 aromatic heterocycles. The zero-order chi connectivity index (χ0) is 27.1. The number of carbonyl (C=O) groups is 3. The number of carboxylic acids is 1. The Morgan fingerprint density at radius 1 is 1.05 bits per heavy atom. The summed E-state index contributed by atoms with van der Waals surface area (Å²) in [5.41, 5.74) is -0.789. The van der Waals surface area contributed by atoms with Crippen molar-refractivity contribution >= 4 is 46.7 Å². The maximum Gasteiger partial charge on any atom is 0.308 e. The van der Waals surface area contributed by atoms with Gasteiger partial charge in [0, 0.05) is 18.2 Å². The number of hydrogen-bond donors (Lipinski definition) is 2. The predicted octanol–water partition coefficient (Wildman–Crippen LogP) is 4.11. The Bertz CT molecular complexity index is 1410. The van der Waals surface area contributed by atoms with Crippen molar-refractivity contribution in [3.8, 4) is 17.2 Å². The molecule has 2 aromatic carbocycles. The number of aliphatic carboxylic acids is 1. The van der Waals surface area contributed by atoms with Crippen LogP contribution in [0.3, 0.4) is 0 Å². The van der Waals surface area contributed by atoms with Gasteiger partial charge in [-0.25, -0.2) is 4.39 Å². The molecule has 0 unspecified atom stereocenters. The molecular formula is C23H18Cl2FN3O8. The molecule has 0 atom stereocenters. The van der Waals surface area contributed by atoms with Crippen molar-refractivity contribution in [2.24, 2.45) is 0 Å². The number of carbonyl (C=O) groups excluding carboxylic acids is 2. The van der Waals surface area contributed by atoms with Crippen molar-refractivity contribution < 1.29 is 38.1 Å². The molecule has 1 heterocycles. The Morgan fingerprint density at radius 2 is 1.78 bits per heavy atom. The number of nitrogens with one attached hydrogen (secondary N) is 1. The van der Waals surface area contributed by atoms with Gasteiger partial charge in [0.2, 0.25) is 0 Å². The van der Waals surface area contributed by atoms with Gasteiger partial charge in [-0.15, -0.1) is 0 Å². The van der Waals surface area contributed by atoms with E-state index in [9.17, 15) is 23.6 Å². The standard InChI is InChI=1S/C23H18Cl2FN3O8/c1-35-19-6-12(26)2-3-17(19)37-18-9-16(25)15(24)8-14(18)23(34)28-13-7-20(30)29(27-10-13)11-36-22(33)5-4-21(31)32/h2-3,6-10H,4-5,11H2,1H3,(H,28,34)(H,31,32). The van der Waals surface area contributed by atoms with Crippen LogP contribution in [0.2, 0.25) is 10.0 Å². The number of nitrogens with zero attached hydrogens (tertiary/aromatic N) is 2. The van der Waals surface area contributed by atoms with E-state index >= 15 is 0 Å². The molecule has 11 nitrogen and oxygen atoms in total. The summed E-state index contributed by atoms with van der Waals surface area (Å²) in [7, 11) is 1.32. The van der Waals surface area contributed by atoms with Gasteiger partial charge in [-0.2, -0.15) is 9.78 Å². The first-order chi connectivity index (χ1) is 17.6. The van der Waals surface area contributed by atoms with Crippen LogP contribution in [0.5, 0.6) is 17.2 Å². The predicted molar refractivity (Wildman–Crippen MR) is 129 cm³/mol. The van der Waals surface area contributed by atoms with Crippen LogP contribution in [-0.4, -0.2) is 39.8 Å². The highest BCUT2D eigenvalue weighted by molar-refractivity contribution is 6.42. The minimum atomic E-state index is -1.17. The van der Waals surface area contributed by atoms with E-state index in [4.69, 9.17) is 42.5 Å². The van der Waals surface area contributed by atoms with Gasteiger partial charge in [0.25, 0.3) is 11.5 Å². The van der Waals surface area contributed by atoms with Crippen LogP contribution in [0.4, 0.5) is 10.1 Å². The molecule has 0 saturated heterocycles. The van der Waals surface area contributed by atoms with Crippen LogP contribution >= 0.6 is 23.2 Å². The van der Waals surface area contributed by atoms with Crippen molar-refractivity contribution in [2.75, 3.05) is 12.4 Å². The van der Waals surface area contributed by atoms with E-state index < -0.39 is 42.4 Å². The number of esters is 1. The Labute approximate surface area is 218 Å². The molecule has 0 bridgehead atoms. The van der Waals surface area contributed by atoms with Crippen molar-refractivity contribution in [2.45, 2.75) is 19.6 Å². The lowest BCUT2D eigenvalue weighted by molar-refractivity contribution is -0.151. The number of methoxy groups -OCH3 is 1. The molecule has 0 aliphatic rings. The van der Waals surface area contributed by atoms with E-state index in [1.54, 1.807) is 0 Å². The summed E-state index contributed by atoms with van der Waals surface area (Å²) in [6, 6.07) is 7.09. The van der Waals surface area contributed by atoms with Crippen LogP contribution in [0.25, 0.3) is 0 Å². The minimum absolute atomic E-state index is 0.000149. The molecule has 0 saturated carbocycles. The molecule has 0 spiro atoms. The number of rotatable bonds is 10. The quantitative estimate of drug-likeness (QED) is 0.354. The molecule has 2 N–H and O–H groups in total. The Hall–Kier alpha value is -4.16. The Kier molecular flexibility index (Phi) is 9.04. The average Bonchev–Trinajstić information content (AvgIpc) is 2.85. The molecule has 3 rings (SSSR count). The average molecular weight is 554 g/mol. The third-order valence-electron chi connectivity index (χ3n) is 4.63. The lowest BCUT2D eigenvalue weighted by Crippen LogP contribution is -2.26. The highest BCUT2D eigenvalue weighted by Crippen LogP contribution is 2.37. The molecular weight excluding hydrogens is 536 g/mol.